The van der Waals surface area contributed by atoms with Crippen molar-refractivity contribution in [2.45, 2.75) is 24.5 Å². The summed E-state index contributed by atoms with van der Waals surface area (Å²) in [6.07, 6.45) is 2.29. The van der Waals surface area contributed by atoms with Crippen LogP contribution in [0.2, 0.25) is 5.02 Å². The Bertz CT molecular complexity index is 1000. The SMILES string of the molecule is CN(Cc1ccccc1)C(=O)CSc1nnc(N2CCCC2)n1-c1cccc(Cl)c1. The van der Waals surface area contributed by atoms with E-state index in [4.69, 9.17) is 11.6 Å². The molecule has 156 valence electrons. The maximum atomic E-state index is 12.7. The van der Waals surface area contributed by atoms with Gasteiger partial charge in [-0.05, 0) is 36.6 Å². The Morgan fingerprint density at radius 1 is 1.10 bits per heavy atom. The second-order valence-electron chi connectivity index (χ2n) is 7.32. The number of carbonyl (C=O) groups excluding carboxylic acids is 1. The third-order valence-electron chi connectivity index (χ3n) is 5.08. The number of aromatic nitrogens is 3. The number of hydrogen-bond acceptors (Lipinski definition) is 5. The van der Waals surface area contributed by atoms with Gasteiger partial charge in [0, 0.05) is 31.7 Å². The van der Waals surface area contributed by atoms with Gasteiger partial charge >= 0.3 is 0 Å². The molecule has 0 N–H and O–H groups in total. The Kier molecular flexibility index (Phi) is 6.59. The molecule has 0 saturated carbocycles. The maximum absolute atomic E-state index is 12.7. The average Bonchev–Trinajstić information content (AvgIpc) is 3.42. The van der Waals surface area contributed by atoms with Gasteiger partial charge in [0.15, 0.2) is 5.16 Å². The number of rotatable bonds is 7. The molecule has 1 aromatic heterocycles. The normalized spacial score (nSPS) is 13.6. The van der Waals surface area contributed by atoms with Crippen LogP contribution in [0.4, 0.5) is 5.95 Å². The molecule has 8 heteroatoms. The second-order valence-corrected chi connectivity index (χ2v) is 8.70. The smallest absolute Gasteiger partial charge is 0.233 e. The molecule has 4 rings (SSSR count). The fraction of sp³-hybridized carbons (Fsp3) is 0.318. The Balaban J connectivity index is 1.51. The molecule has 1 aliphatic rings. The first-order valence-corrected chi connectivity index (χ1v) is 11.3. The highest BCUT2D eigenvalue weighted by Gasteiger charge is 2.23. The molecular formula is C22H24ClN5OS. The third kappa shape index (κ3) is 4.79. The Morgan fingerprint density at radius 2 is 1.87 bits per heavy atom. The van der Waals surface area contributed by atoms with Crippen LogP contribution < -0.4 is 4.90 Å². The van der Waals surface area contributed by atoms with Gasteiger partial charge in [-0.25, -0.2) is 0 Å². The number of carbonyl (C=O) groups is 1. The highest BCUT2D eigenvalue weighted by Crippen LogP contribution is 2.29. The van der Waals surface area contributed by atoms with E-state index in [2.05, 4.69) is 15.1 Å². The number of anilines is 1. The van der Waals surface area contributed by atoms with E-state index in [0.29, 0.717) is 22.5 Å². The van der Waals surface area contributed by atoms with Crippen LogP contribution in [-0.4, -0.2) is 51.5 Å². The number of hydrogen-bond donors (Lipinski definition) is 0. The first-order chi connectivity index (χ1) is 14.6. The Morgan fingerprint density at radius 3 is 2.60 bits per heavy atom. The number of amides is 1. The van der Waals surface area contributed by atoms with Gasteiger partial charge in [-0.1, -0.05) is 59.8 Å². The Labute approximate surface area is 185 Å². The molecule has 1 aliphatic heterocycles. The second kappa shape index (κ2) is 9.53. The van der Waals surface area contributed by atoms with Crippen molar-refractivity contribution in [3.05, 3.63) is 65.2 Å². The first kappa shape index (κ1) is 20.8. The van der Waals surface area contributed by atoms with Crippen LogP contribution in [0.1, 0.15) is 18.4 Å². The first-order valence-electron chi connectivity index (χ1n) is 9.99. The quantitative estimate of drug-likeness (QED) is 0.512. The van der Waals surface area contributed by atoms with Crippen LogP contribution in [0.15, 0.2) is 59.8 Å². The summed E-state index contributed by atoms with van der Waals surface area (Å²) in [5.41, 5.74) is 2.01. The minimum atomic E-state index is 0.0484. The van der Waals surface area contributed by atoms with Crippen LogP contribution in [0, 0.1) is 0 Å². The van der Waals surface area contributed by atoms with Crippen LogP contribution >= 0.6 is 23.4 Å². The average molecular weight is 442 g/mol. The predicted molar refractivity (Wildman–Crippen MR) is 121 cm³/mol. The molecular weight excluding hydrogens is 418 g/mol. The van der Waals surface area contributed by atoms with E-state index in [-0.39, 0.29) is 5.91 Å². The molecule has 0 unspecified atom stereocenters. The van der Waals surface area contributed by atoms with Crippen LogP contribution in [0.5, 0.6) is 0 Å². The van der Waals surface area contributed by atoms with Gasteiger partial charge in [0.1, 0.15) is 0 Å². The van der Waals surface area contributed by atoms with E-state index in [1.54, 1.807) is 4.90 Å². The zero-order valence-electron chi connectivity index (χ0n) is 16.9. The van der Waals surface area contributed by atoms with Gasteiger partial charge in [0.25, 0.3) is 0 Å². The third-order valence-corrected chi connectivity index (χ3v) is 6.23. The van der Waals surface area contributed by atoms with Gasteiger partial charge in [0.2, 0.25) is 11.9 Å². The predicted octanol–water partition coefficient (Wildman–Crippen LogP) is 4.27. The summed E-state index contributed by atoms with van der Waals surface area (Å²) < 4.78 is 2.01. The lowest BCUT2D eigenvalue weighted by Gasteiger charge is -2.19. The molecule has 1 saturated heterocycles. The van der Waals surface area contributed by atoms with Crippen molar-refractivity contribution in [3.63, 3.8) is 0 Å². The summed E-state index contributed by atoms with van der Waals surface area (Å²) in [5, 5.41) is 10.2. The van der Waals surface area contributed by atoms with Crippen molar-refractivity contribution >= 4 is 35.2 Å². The topological polar surface area (TPSA) is 54.3 Å². The standard InChI is InChI=1S/C22H24ClN5OS/c1-26(15-17-8-3-2-4-9-17)20(29)16-30-22-25-24-21(27-12-5-6-13-27)28(22)19-11-7-10-18(23)14-19/h2-4,7-11,14H,5-6,12-13,15-16H2,1H3. The molecule has 2 heterocycles. The number of nitrogens with zero attached hydrogens (tertiary/aromatic N) is 5. The monoisotopic (exact) mass is 441 g/mol. The molecule has 1 fully saturated rings. The van der Waals surface area contributed by atoms with E-state index in [1.165, 1.54) is 11.8 Å². The van der Waals surface area contributed by atoms with E-state index in [1.807, 2.05) is 66.2 Å². The molecule has 0 spiro atoms. The van der Waals surface area contributed by atoms with Gasteiger partial charge in [-0.3, -0.25) is 9.36 Å². The largest absolute Gasteiger partial charge is 0.341 e. The molecule has 2 aromatic carbocycles. The van der Waals surface area contributed by atoms with Crippen molar-refractivity contribution in [1.29, 1.82) is 0 Å². The summed E-state index contributed by atoms with van der Waals surface area (Å²) in [5.74, 6) is 1.15. The Hall–Kier alpha value is -2.51. The van der Waals surface area contributed by atoms with E-state index >= 15 is 0 Å². The van der Waals surface area contributed by atoms with Crippen LogP contribution in [0.25, 0.3) is 5.69 Å². The molecule has 0 aliphatic carbocycles. The lowest BCUT2D eigenvalue weighted by molar-refractivity contribution is -0.127. The molecule has 0 radical (unpaired) electrons. The van der Waals surface area contributed by atoms with Crippen LogP contribution in [0.3, 0.4) is 0 Å². The highest BCUT2D eigenvalue weighted by molar-refractivity contribution is 7.99. The summed E-state index contributed by atoms with van der Waals surface area (Å²) >= 11 is 7.64. The fourth-order valence-corrected chi connectivity index (χ4v) is 4.57. The molecule has 6 nitrogen and oxygen atoms in total. The minimum absolute atomic E-state index is 0.0484. The lowest BCUT2D eigenvalue weighted by atomic mass is 10.2. The van der Waals surface area contributed by atoms with E-state index in [9.17, 15) is 4.79 Å². The molecule has 0 atom stereocenters. The summed E-state index contributed by atoms with van der Waals surface area (Å²) in [6.45, 7) is 2.50. The van der Waals surface area contributed by atoms with Gasteiger partial charge in [0.05, 0.1) is 11.4 Å². The van der Waals surface area contributed by atoms with E-state index in [0.717, 1.165) is 43.1 Å². The zero-order chi connectivity index (χ0) is 20.9. The maximum Gasteiger partial charge on any atom is 0.233 e. The van der Waals surface area contributed by atoms with Gasteiger partial charge in [-0.2, -0.15) is 0 Å². The fourth-order valence-electron chi connectivity index (χ4n) is 3.50. The van der Waals surface area contributed by atoms with Crippen LogP contribution in [-0.2, 0) is 11.3 Å². The van der Waals surface area contributed by atoms with Crippen molar-refractivity contribution in [1.82, 2.24) is 19.7 Å². The summed E-state index contributed by atoms with van der Waals surface area (Å²) in [7, 11) is 1.83. The lowest BCUT2D eigenvalue weighted by Crippen LogP contribution is -2.28. The van der Waals surface area contributed by atoms with Crippen molar-refractivity contribution in [2.24, 2.45) is 0 Å². The highest BCUT2D eigenvalue weighted by atomic mass is 35.5. The van der Waals surface area contributed by atoms with Gasteiger partial charge in [-0.15, -0.1) is 10.2 Å². The summed E-state index contributed by atoms with van der Waals surface area (Å²) in [6, 6.07) is 17.6. The van der Waals surface area contributed by atoms with Gasteiger partial charge < -0.3 is 9.80 Å². The molecule has 30 heavy (non-hydrogen) atoms. The molecule has 1 amide bonds. The van der Waals surface area contributed by atoms with Crippen molar-refractivity contribution in [3.8, 4) is 5.69 Å². The number of halogens is 1. The number of thioether (sulfide) groups is 1. The molecule has 0 bridgehead atoms. The minimum Gasteiger partial charge on any atom is -0.341 e. The van der Waals surface area contributed by atoms with Crippen molar-refractivity contribution in [2.75, 3.05) is 30.8 Å². The van der Waals surface area contributed by atoms with E-state index < -0.39 is 0 Å². The molecule has 3 aromatic rings. The number of benzene rings is 2. The van der Waals surface area contributed by atoms with Crippen molar-refractivity contribution < 1.29 is 4.79 Å². The summed E-state index contributed by atoms with van der Waals surface area (Å²) in [4.78, 5) is 16.7. The zero-order valence-corrected chi connectivity index (χ0v) is 18.4.